The average molecular weight is 1100 g/mol. The zero-order valence-electron chi connectivity index (χ0n) is 44.1. The van der Waals surface area contributed by atoms with Crippen molar-refractivity contribution in [3.05, 3.63) is 70.3 Å². The van der Waals surface area contributed by atoms with Gasteiger partial charge in [0.15, 0.2) is 0 Å². The SMILES string of the molecule is CCn1c(-c2cccnc2[C@H](C)OC)c2c3cc(ccc31)-c1csc(n1)C[C@H](NC(=O)[C@H](C(C)C)N(C)C(=O)N(C)C1CN(C(=O)/C=C/CN(C)C)C1)C(=O)N1CCC[C@H](N1)C(=O)OCC(C)(C)C2.S.S.S.S. The average Bonchev–Trinajstić information content (AvgIpc) is 3.90. The highest BCUT2D eigenvalue weighted by Crippen LogP contribution is 2.42. The third-order valence-electron chi connectivity index (χ3n) is 13.5. The van der Waals surface area contributed by atoms with Crippen molar-refractivity contribution in [3.8, 4) is 22.5 Å². The third kappa shape index (κ3) is 14.2. The fourth-order valence-corrected chi connectivity index (χ4v) is 10.5. The van der Waals surface area contributed by atoms with E-state index in [4.69, 9.17) is 19.4 Å². The number of fused-ring (bicyclic) bond motifs is 6. The number of amides is 5. The number of hydrogen-bond acceptors (Lipinski definition) is 12. The van der Waals surface area contributed by atoms with Crippen molar-refractivity contribution >= 4 is 106 Å². The Morgan fingerprint density at radius 3 is 2.42 bits per heavy atom. The van der Waals surface area contributed by atoms with Gasteiger partial charge < -0.3 is 39.0 Å². The minimum Gasteiger partial charge on any atom is -0.464 e. The molecule has 3 aliphatic rings. The van der Waals surface area contributed by atoms with Gasteiger partial charge in [-0.3, -0.25) is 29.2 Å². The van der Waals surface area contributed by atoms with Crippen LogP contribution in [-0.2, 0) is 48.0 Å². The summed E-state index contributed by atoms with van der Waals surface area (Å²) in [7, 11) is 8.81. The molecule has 3 aromatic heterocycles. The fourth-order valence-electron chi connectivity index (χ4n) is 9.62. The summed E-state index contributed by atoms with van der Waals surface area (Å²) >= 11 is 1.41. The summed E-state index contributed by atoms with van der Waals surface area (Å²) in [5, 5.41) is 8.10. The molecule has 0 spiro atoms. The molecule has 6 bridgehead atoms. The van der Waals surface area contributed by atoms with Crippen LogP contribution in [0.5, 0.6) is 0 Å². The van der Waals surface area contributed by atoms with Crippen LogP contribution in [0.4, 0.5) is 4.79 Å². The van der Waals surface area contributed by atoms with Crippen LogP contribution < -0.4 is 10.7 Å². The lowest BCUT2D eigenvalue weighted by Gasteiger charge is -2.45. The van der Waals surface area contributed by atoms with Gasteiger partial charge in [0.05, 0.1) is 40.8 Å². The van der Waals surface area contributed by atoms with E-state index in [0.717, 1.165) is 44.7 Å². The third-order valence-corrected chi connectivity index (χ3v) is 14.4. The molecule has 0 radical (unpaired) electrons. The number of methoxy groups -OCH3 is 1. The minimum atomic E-state index is -1.09. The number of ether oxygens (including phenoxy) is 2. The lowest BCUT2D eigenvalue weighted by Crippen LogP contribution is -2.65. The van der Waals surface area contributed by atoms with E-state index in [9.17, 15) is 24.0 Å². The van der Waals surface area contributed by atoms with Crippen LogP contribution in [0.1, 0.15) is 76.8 Å². The number of likely N-dealkylation sites (N-methyl/N-ethyl adjacent to an activating group) is 3. The van der Waals surface area contributed by atoms with Crippen molar-refractivity contribution in [1.29, 1.82) is 0 Å². The van der Waals surface area contributed by atoms with E-state index < -0.39 is 41.3 Å². The first kappa shape index (κ1) is 63.0. The fraction of sp³-hybridized carbons (Fsp3) is 0.549. The van der Waals surface area contributed by atoms with E-state index in [0.29, 0.717) is 57.0 Å². The molecule has 5 amide bonds. The van der Waals surface area contributed by atoms with E-state index in [1.807, 2.05) is 57.3 Å². The molecule has 73 heavy (non-hydrogen) atoms. The highest BCUT2D eigenvalue weighted by atomic mass is 32.1. The standard InChI is InChI=1S/C51H70N10O7S.4H2S/c1-12-60-41-20-19-33-24-36(41)37(46(60)35-16-13-21-52-44(35)32(4)67-11)26-51(5,6)30-68-49(65)38-17-14-23-61(55-38)48(64)39(25-42-53-40(33)29-69-42)54-47(63)45(31(2)3)58(10)50(66)57(9)34-27-59(28-34)43(62)18-15-22-56(7)8;;;;/h13,15-16,18-21,24,29,31-32,34,38-39,45,55H,12,14,17,22-23,25-28,30H2,1-11H3,(H,54,63);4*1H2/b18-15+;;;;/t32-,38-,39-,45-;;;;/m0..../s1. The molecule has 0 unspecified atom stereocenters. The topological polar surface area (TPSA) is 175 Å². The van der Waals surface area contributed by atoms with Crippen molar-refractivity contribution in [2.45, 2.75) is 104 Å². The van der Waals surface area contributed by atoms with Gasteiger partial charge in [-0.1, -0.05) is 39.8 Å². The number of likely N-dealkylation sites (tertiary alicyclic amines) is 1. The Morgan fingerprint density at radius 1 is 1.05 bits per heavy atom. The number of nitrogens with one attached hydrogen (secondary N) is 2. The van der Waals surface area contributed by atoms with Crippen molar-refractivity contribution in [2.75, 3.05) is 68.1 Å². The number of carbonyl (C=O) groups excluding carboxylic acids is 5. The maximum atomic E-state index is 14.7. The number of benzene rings is 1. The van der Waals surface area contributed by atoms with Crippen molar-refractivity contribution in [3.63, 3.8) is 0 Å². The predicted molar refractivity (Wildman–Crippen MR) is 308 cm³/mol. The number of pyridine rings is 1. The molecule has 2 fully saturated rings. The normalized spacial score (nSPS) is 18.8. The molecule has 17 nitrogen and oxygen atoms in total. The minimum absolute atomic E-state index is 0. The molecule has 6 heterocycles. The van der Waals surface area contributed by atoms with E-state index in [1.54, 1.807) is 43.3 Å². The molecule has 22 heteroatoms. The van der Waals surface area contributed by atoms with Crippen molar-refractivity contribution < 1.29 is 33.4 Å². The molecule has 2 N–H and O–H groups in total. The summed E-state index contributed by atoms with van der Waals surface area (Å²) in [4.78, 5) is 86.4. The Bertz CT molecular complexity index is 2580. The second kappa shape index (κ2) is 27.0. The molecule has 404 valence electrons. The summed E-state index contributed by atoms with van der Waals surface area (Å²) in [6.45, 7) is 14.6. The molecule has 3 aliphatic heterocycles. The number of cyclic esters (lactones) is 1. The highest BCUT2D eigenvalue weighted by molar-refractivity contribution is 7.59. The lowest BCUT2D eigenvalue weighted by molar-refractivity contribution is -0.155. The highest BCUT2D eigenvalue weighted by Gasteiger charge is 2.41. The monoisotopic (exact) mass is 1100 g/mol. The van der Waals surface area contributed by atoms with Crippen LogP contribution in [0.2, 0.25) is 0 Å². The molecule has 1 aromatic carbocycles. The smallest absolute Gasteiger partial charge is 0.324 e. The molecule has 4 atom stereocenters. The first-order valence-electron chi connectivity index (χ1n) is 24.0. The van der Waals surface area contributed by atoms with Gasteiger partial charge in [0.2, 0.25) is 11.8 Å². The lowest BCUT2D eigenvalue weighted by atomic mass is 9.84. The van der Waals surface area contributed by atoms with E-state index in [-0.39, 0.29) is 97.0 Å². The number of rotatable bonds is 12. The van der Waals surface area contributed by atoms with Crippen LogP contribution in [0, 0.1) is 11.3 Å². The first-order valence-corrected chi connectivity index (χ1v) is 24.9. The maximum absolute atomic E-state index is 14.7. The number of aromatic nitrogens is 3. The quantitative estimate of drug-likeness (QED) is 0.126. The van der Waals surface area contributed by atoms with Crippen molar-refractivity contribution in [2.24, 2.45) is 11.3 Å². The van der Waals surface area contributed by atoms with Crippen molar-refractivity contribution in [1.82, 2.24) is 49.9 Å². The number of nitrogens with zero attached hydrogens (tertiary/aromatic N) is 8. The summed E-state index contributed by atoms with van der Waals surface area (Å²) in [6.07, 6.45) is 6.53. The summed E-state index contributed by atoms with van der Waals surface area (Å²) < 4.78 is 14.2. The van der Waals surface area contributed by atoms with Gasteiger partial charge in [-0.25, -0.2) is 15.2 Å². The number of hydrazine groups is 1. The Balaban J connectivity index is 0.00000352. The molecular formula is C51H78N10O7S5. The van der Waals surface area contributed by atoms with Gasteiger partial charge in [0, 0.05) is 105 Å². The number of aryl methyl sites for hydroxylation is 1. The molecule has 0 aliphatic carbocycles. The van der Waals surface area contributed by atoms with E-state index >= 15 is 0 Å². The first-order chi connectivity index (χ1) is 32.8. The number of thiazole rings is 1. The maximum Gasteiger partial charge on any atom is 0.324 e. The largest absolute Gasteiger partial charge is 0.464 e. The van der Waals surface area contributed by atoms with Gasteiger partial charge in [0.25, 0.3) is 5.91 Å². The van der Waals surface area contributed by atoms with Crippen LogP contribution in [-0.4, -0.2) is 161 Å². The van der Waals surface area contributed by atoms with E-state index in [2.05, 4.69) is 60.3 Å². The second-order valence-corrected chi connectivity index (χ2v) is 21.0. The molecule has 0 saturated carbocycles. The van der Waals surface area contributed by atoms with E-state index in [1.165, 1.54) is 21.2 Å². The van der Waals surface area contributed by atoms with Crippen LogP contribution in [0.3, 0.4) is 0 Å². The van der Waals surface area contributed by atoms with Gasteiger partial charge >= 0.3 is 12.0 Å². The Labute approximate surface area is 462 Å². The Kier molecular flexibility index (Phi) is 23.3. The van der Waals surface area contributed by atoms with Crippen LogP contribution in [0.25, 0.3) is 33.4 Å². The summed E-state index contributed by atoms with van der Waals surface area (Å²) in [5.74, 6) is -1.83. The zero-order valence-corrected chi connectivity index (χ0v) is 48.9. The van der Waals surface area contributed by atoms with Gasteiger partial charge in [0.1, 0.15) is 18.1 Å². The Hall–Kier alpha value is -4.29. The van der Waals surface area contributed by atoms with Crippen LogP contribution in [0.15, 0.2) is 54.1 Å². The zero-order chi connectivity index (χ0) is 49.9. The summed E-state index contributed by atoms with van der Waals surface area (Å²) in [6, 6.07) is 6.98. The van der Waals surface area contributed by atoms with Crippen LogP contribution >= 0.6 is 65.3 Å². The predicted octanol–water partition coefficient (Wildman–Crippen LogP) is 5.99. The molecule has 2 saturated heterocycles. The molecule has 7 rings (SSSR count). The van der Waals surface area contributed by atoms with Gasteiger partial charge in [-0.05, 0) is 83.0 Å². The number of urea groups is 1. The number of hydrogen-bond donors (Lipinski definition) is 2. The number of esters is 1. The Morgan fingerprint density at radius 2 is 1.77 bits per heavy atom. The van der Waals surface area contributed by atoms with Gasteiger partial charge in [-0.2, -0.15) is 54.0 Å². The molecular weight excluding hydrogens is 1020 g/mol. The molecule has 4 aromatic rings. The van der Waals surface area contributed by atoms with Gasteiger partial charge in [-0.15, -0.1) is 11.3 Å². The summed E-state index contributed by atoms with van der Waals surface area (Å²) in [5.41, 5.74) is 9.25. The number of carbonyl (C=O) groups is 5. The second-order valence-electron chi connectivity index (χ2n) is 20.0.